The largest absolute Gasteiger partial charge is 1.00 e. The van der Waals surface area contributed by atoms with Crippen molar-refractivity contribution < 1.29 is 26.6 Å². The topological polar surface area (TPSA) is 90.1 Å². The fraction of sp³-hybridized carbons (Fsp3) is 0.222. The third-order valence-electron chi connectivity index (χ3n) is 1.70. The van der Waals surface area contributed by atoms with Crippen molar-refractivity contribution >= 4 is 11.7 Å². The van der Waals surface area contributed by atoms with Crippen molar-refractivity contribution in [1.82, 2.24) is 0 Å². The molecule has 15 heavy (non-hydrogen) atoms. The van der Waals surface area contributed by atoms with Crippen LogP contribution in [-0.4, -0.2) is 18.2 Å². The Hall–Kier alpha value is -1.46. The van der Waals surface area contributed by atoms with Crippen molar-refractivity contribution in [3.63, 3.8) is 0 Å². The van der Waals surface area contributed by atoms with Crippen LogP contribution in [0.1, 0.15) is 10.4 Å². The van der Waals surface area contributed by atoms with Gasteiger partial charge in [0.05, 0.1) is 12.1 Å². The molecule has 0 fully saturated rings. The fourth-order valence-corrected chi connectivity index (χ4v) is 1.08. The molecule has 0 radical (unpaired) electrons. The SMILES string of the molecule is NCC(=O)c1ccc[n+](CC(N)=O)c1.[Cl-]. The molecule has 5 nitrogen and oxygen atoms in total. The first kappa shape index (κ1) is 13.5. The van der Waals surface area contributed by atoms with Crippen molar-refractivity contribution in [2.45, 2.75) is 6.54 Å². The van der Waals surface area contributed by atoms with Crippen LogP contribution in [-0.2, 0) is 11.3 Å². The lowest BCUT2D eigenvalue weighted by Crippen LogP contribution is -3.00. The van der Waals surface area contributed by atoms with Crippen LogP contribution in [0.15, 0.2) is 24.5 Å². The summed E-state index contributed by atoms with van der Waals surface area (Å²) in [6.45, 7) is 0.0201. The van der Waals surface area contributed by atoms with Crippen molar-refractivity contribution in [1.29, 1.82) is 0 Å². The number of nitrogens with zero attached hydrogens (tertiary/aromatic N) is 1. The van der Waals surface area contributed by atoms with Crippen LogP contribution in [0.25, 0.3) is 0 Å². The van der Waals surface area contributed by atoms with Gasteiger partial charge in [-0.1, -0.05) is 0 Å². The molecule has 4 N–H and O–H groups in total. The first-order valence-corrected chi connectivity index (χ1v) is 4.14. The van der Waals surface area contributed by atoms with Crippen molar-refractivity contribution in [2.24, 2.45) is 11.5 Å². The van der Waals surface area contributed by atoms with Gasteiger partial charge in [0, 0.05) is 6.07 Å². The molecule has 1 amide bonds. The first-order chi connectivity index (χ1) is 6.63. The molecule has 0 spiro atoms. The van der Waals surface area contributed by atoms with Gasteiger partial charge in [0.25, 0.3) is 5.91 Å². The number of primary amides is 1. The molecule has 0 saturated carbocycles. The van der Waals surface area contributed by atoms with E-state index in [1.54, 1.807) is 29.1 Å². The molecule has 1 aromatic rings. The monoisotopic (exact) mass is 229 g/mol. The second-order valence-corrected chi connectivity index (χ2v) is 2.86. The molecule has 0 saturated heterocycles. The molecule has 0 bridgehead atoms. The molecule has 0 aliphatic carbocycles. The summed E-state index contributed by atoms with van der Waals surface area (Å²) in [5.74, 6) is -0.615. The number of nitrogens with two attached hydrogens (primary N) is 2. The minimum Gasteiger partial charge on any atom is -1.00 e. The van der Waals surface area contributed by atoms with Crippen LogP contribution >= 0.6 is 0 Å². The highest BCUT2D eigenvalue weighted by Crippen LogP contribution is 1.94. The maximum atomic E-state index is 11.2. The van der Waals surface area contributed by atoms with Crippen molar-refractivity contribution in [2.75, 3.05) is 6.54 Å². The predicted octanol–water partition coefficient (Wildman–Crippen LogP) is -4.40. The highest BCUT2D eigenvalue weighted by Gasteiger charge is 2.10. The molecule has 82 valence electrons. The maximum absolute atomic E-state index is 11.2. The van der Waals surface area contributed by atoms with Crippen LogP contribution in [0.3, 0.4) is 0 Å². The number of hydrogen-bond acceptors (Lipinski definition) is 3. The molecule has 1 heterocycles. The lowest BCUT2D eigenvalue weighted by atomic mass is 10.2. The molecule has 1 rings (SSSR count). The summed E-state index contributed by atoms with van der Waals surface area (Å²) in [6.07, 6.45) is 3.22. The van der Waals surface area contributed by atoms with Gasteiger partial charge in [0.15, 0.2) is 18.2 Å². The predicted molar refractivity (Wildman–Crippen MR) is 49.2 cm³/mol. The lowest BCUT2D eigenvalue weighted by molar-refractivity contribution is -0.684. The van der Waals surface area contributed by atoms with Crippen LogP contribution in [0.5, 0.6) is 0 Å². The van der Waals surface area contributed by atoms with Gasteiger partial charge in [0.1, 0.15) is 0 Å². The third kappa shape index (κ3) is 4.05. The number of amides is 1. The molecule has 0 aliphatic heterocycles. The van der Waals surface area contributed by atoms with Crippen LogP contribution in [0, 0.1) is 0 Å². The number of ketones is 1. The summed E-state index contributed by atoms with van der Waals surface area (Å²) >= 11 is 0. The van der Waals surface area contributed by atoms with Crippen LogP contribution < -0.4 is 28.4 Å². The van der Waals surface area contributed by atoms with E-state index in [1.807, 2.05) is 0 Å². The Morgan fingerprint density at radius 2 is 2.07 bits per heavy atom. The second-order valence-electron chi connectivity index (χ2n) is 2.86. The number of Topliss-reactive ketones (excluding diaryl/α,β-unsaturated/α-hetero) is 1. The minimum atomic E-state index is -0.452. The summed E-state index contributed by atoms with van der Waals surface area (Å²) in [4.78, 5) is 21.8. The Morgan fingerprint density at radius 3 is 2.60 bits per heavy atom. The number of carbonyl (C=O) groups is 2. The Kier molecular flexibility index (Phi) is 5.51. The van der Waals surface area contributed by atoms with Gasteiger partial charge in [-0.3, -0.25) is 9.59 Å². The van der Waals surface area contributed by atoms with Gasteiger partial charge in [0.2, 0.25) is 6.54 Å². The highest BCUT2D eigenvalue weighted by atomic mass is 35.5. The minimum absolute atomic E-state index is 0. The zero-order chi connectivity index (χ0) is 10.6. The van der Waals surface area contributed by atoms with E-state index in [1.165, 1.54) is 0 Å². The molecular weight excluding hydrogens is 218 g/mol. The first-order valence-electron chi connectivity index (χ1n) is 4.14. The van der Waals surface area contributed by atoms with E-state index in [0.717, 1.165) is 0 Å². The van der Waals surface area contributed by atoms with E-state index in [4.69, 9.17) is 11.5 Å². The number of hydrogen-bond donors (Lipinski definition) is 2. The van der Waals surface area contributed by atoms with E-state index >= 15 is 0 Å². The standard InChI is InChI=1S/C9H11N3O2.ClH/c10-4-8(13)7-2-1-3-12(5-7)6-9(11)14;/h1-3,5H,4,6,10H2,(H-,11,14);1H. The van der Waals surface area contributed by atoms with Crippen LogP contribution in [0.2, 0.25) is 0 Å². The molecule has 1 aromatic heterocycles. The molecule has 0 atom stereocenters. The molecule has 0 unspecified atom stereocenters. The number of carbonyl (C=O) groups excluding carboxylic acids is 2. The van der Waals surface area contributed by atoms with E-state index in [0.29, 0.717) is 5.56 Å². The van der Waals surface area contributed by atoms with Crippen LogP contribution in [0.4, 0.5) is 0 Å². The lowest BCUT2D eigenvalue weighted by Gasteiger charge is -1.96. The fourth-order valence-electron chi connectivity index (χ4n) is 1.08. The summed E-state index contributed by atoms with van der Waals surface area (Å²) in [5, 5.41) is 0. The van der Waals surface area contributed by atoms with Crippen molar-refractivity contribution in [3.05, 3.63) is 30.1 Å². The number of aromatic nitrogens is 1. The molecule has 0 aliphatic rings. The summed E-state index contributed by atoms with van der Waals surface area (Å²) < 4.78 is 1.55. The normalized spacial score (nSPS) is 9.13. The van der Waals surface area contributed by atoms with E-state index < -0.39 is 5.91 Å². The van der Waals surface area contributed by atoms with Gasteiger partial charge in [-0.05, 0) is 6.07 Å². The zero-order valence-electron chi connectivity index (χ0n) is 8.02. The highest BCUT2D eigenvalue weighted by molar-refractivity contribution is 5.96. The van der Waals surface area contributed by atoms with Gasteiger partial charge in [-0.2, -0.15) is 4.57 Å². The van der Waals surface area contributed by atoms with Gasteiger partial charge < -0.3 is 23.9 Å². The van der Waals surface area contributed by atoms with E-state index in [2.05, 4.69) is 0 Å². The third-order valence-corrected chi connectivity index (χ3v) is 1.70. The Morgan fingerprint density at radius 1 is 1.40 bits per heavy atom. The summed E-state index contributed by atoms with van der Waals surface area (Å²) in [6, 6.07) is 3.32. The smallest absolute Gasteiger partial charge is 0.283 e. The quantitative estimate of drug-likeness (QED) is 0.404. The number of pyridine rings is 1. The number of halogens is 1. The maximum Gasteiger partial charge on any atom is 0.283 e. The summed E-state index contributed by atoms with van der Waals surface area (Å²) in [7, 11) is 0. The Labute approximate surface area is 93.5 Å². The van der Waals surface area contributed by atoms with E-state index in [-0.39, 0.29) is 31.3 Å². The Bertz CT molecular complexity index is 368. The zero-order valence-corrected chi connectivity index (χ0v) is 8.78. The van der Waals surface area contributed by atoms with Crippen molar-refractivity contribution in [3.8, 4) is 0 Å². The molecule has 0 aromatic carbocycles. The average Bonchev–Trinajstić information content (AvgIpc) is 2.16. The second kappa shape index (κ2) is 6.10. The molecular formula is C9H12ClN3O2. The average molecular weight is 230 g/mol. The van der Waals surface area contributed by atoms with Gasteiger partial charge in [-0.25, -0.2) is 0 Å². The Balaban J connectivity index is 0.00000196. The van der Waals surface area contributed by atoms with E-state index in [9.17, 15) is 9.59 Å². The number of rotatable bonds is 4. The van der Waals surface area contributed by atoms with Gasteiger partial charge in [-0.15, -0.1) is 0 Å². The van der Waals surface area contributed by atoms with Gasteiger partial charge >= 0.3 is 0 Å². The molecule has 6 heteroatoms. The summed E-state index contributed by atoms with van der Waals surface area (Å²) in [5.41, 5.74) is 10.7.